The Bertz CT molecular complexity index is 601. The molecule has 1 unspecified atom stereocenters. The molecule has 7 heteroatoms. The van der Waals surface area contributed by atoms with E-state index in [0.717, 1.165) is 0 Å². The molecule has 1 aromatic rings. The predicted octanol–water partition coefficient (Wildman–Crippen LogP) is 1.30. The lowest BCUT2D eigenvalue weighted by molar-refractivity contribution is 0.0963. The first-order chi connectivity index (χ1) is 8.91. The van der Waals surface area contributed by atoms with E-state index in [-0.39, 0.29) is 23.5 Å². The van der Waals surface area contributed by atoms with Gasteiger partial charge in [0.05, 0.1) is 22.2 Å². The topological polar surface area (TPSA) is 75.3 Å². The minimum atomic E-state index is -2.94. The van der Waals surface area contributed by atoms with E-state index < -0.39 is 9.84 Å². The van der Waals surface area contributed by atoms with E-state index in [0.29, 0.717) is 22.7 Å². The SMILES string of the molecule is CNC(=O)c1ccc(Cl)c(NC2CCS(=O)(=O)C2)c1. The van der Waals surface area contributed by atoms with Crippen molar-refractivity contribution in [2.45, 2.75) is 12.5 Å². The number of rotatable bonds is 3. The summed E-state index contributed by atoms with van der Waals surface area (Å²) in [6, 6.07) is 4.73. The monoisotopic (exact) mass is 302 g/mol. The Morgan fingerprint density at radius 3 is 2.74 bits per heavy atom. The highest BCUT2D eigenvalue weighted by Crippen LogP contribution is 2.26. The Kier molecular flexibility index (Phi) is 4.01. The van der Waals surface area contributed by atoms with Gasteiger partial charge < -0.3 is 10.6 Å². The number of amides is 1. The van der Waals surface area contributed by atoms with Crippen LogP contribution in [-0.2, 0) is 9.84 Å². The van der Waals surface area contributed by atoms with Gasteiger partial charge in [-0.25, -0.2) is 8.42 Å². The van der Waals surface area contributed by atoms with Crippen LogP contribution in [0.4, 0.5) is 5.69 Å². The predicted molar refractivity (Wildman–Crippen MR) is 75.5 cm³/mol. The van der Waals surface area contributed by atoms with Gasteiger partial charge in [-0.15, -0.1) is 0 Å². The molecule has 0 aliphatic carbocycles. The zero-order valence-corrected chi connectivity index (χ0v) is 12.0. The largest absolute Gasteiger partial charge is 0.380 e. The first-order valence-electron chi connectivity index (χ1n) is 5.90. The van der Waals surface area contributed by atoms with E-state index in [1.54, 1.807) is 25.2 Å². The maximum atomic E-state index is 11.5. The minimum absolute atomic E-state index is 0.105. The number of halogens is 1. The van der Waals surface area contributed by atoms with Crippen LogP contribution in [-0.4, -0.2) is 38.9 Å². The zero-order chi connectivity index (χ0) is 14.0. The summed E-state index contributed by atoms with van der Waals surface area (Å²) < 4.78 is 22.8. The smallest absolute Gasteiger partial charge is 0.251 e. The normalized spacial score (nSPS) is 21.1. The molecule has 1 saturated heterocycles. The maximum Gasteiger partial charge on any atom is 0.251 e. The Balaban J connectivity index is 2.18. The van der Waals surface area contributed by atoms with E-state index in [2.05, 4.69) is 10.6 Å². The van der Waals surface area contributed by atoms with Crippen LogP contribution in [0.2, 0.25) is 5.02 Å². The van der Waals surface area contributed by atoms with Crippen LogP contribution in [0.3, 0.4) is 0 Å². The molecule has 1 atom stereocenters. The third-order valence-corrected chi connectivity index (χ3v) is 5.15. The fourth-order valence-corrected chi connectivity index (χ4v) is 3.90. The molecule has 104 valence electrons. The van der Waals surface area contributed by atoms with Crippen LogP contribution in [0.1, 0.15) is 16.8 Å². The molecular weight excluding hydrogens is 288 g/mol. The van der Waals surface area contributed by atoms with Crippen LogP contribution >= 0.6 is 11.6 Å². The molecule has 1 aliphatic rings. The summed E-state index contributed by atoms with van der Waals surface area (Å²) >= 11 is 6.05. The van der Waals surface area contributed by atoms with Gasteiger partial charge in [0.2, 0.25) is 0 Å². The third kappa shape index (κ3) is 3.39. The highest BCUT2D eigenvalue weighted by Gasteiger charge is 2.28. The van der Waals surface area contributed by atoms with Gasteiger partial charge in [-0.2, -0.15) is 0 Å². The van der Waals surface area contributed by atoms with Crippen LogP contribution in [0.25, 0.3) is 0 Å². The van der Waals surface area contributed by atoms with Crippen molar-refractivity contribution in [3.05, 3.63) is 28.8 Å². The first-order valence-corrected chi connectivity index (χ1v) is 8.10. The number of hydrogen-bond acceptors (Lipinski definition) is 4. The van der Waals surface area contributed by atoms with Crippen molar-refractivity contribution in [2.75, 3.05) is 23.9 Å². The van der Waals surface area contributed by atoms with Gasteiger partial charge in [0.25, 0.3) is 5.91 Å². The molecule has 2 rings (SSSR count). The van der Waals surface area contributed by atoms with Crippen molar-refractivity contribution in [2.24, 2.45) is 0 Å². The average Bonchev–Trinajstić information content (AvgIpc) is 2.70. The van der Waals surface area contributed by atoms with Crippen LogP contribution in [0.15, 0.2) is 18.2 Å². The average molecular weight is 303 g/mol. The quantitative estimate of drug-likeness (QED) is 0.882. The van der Waals surface area contributed by atoms with Gasteiger partial charge >= 0.3 is 0 Å². The minimum Gasteiger partial charge on any atom is -0.380 e. The van der Waals surface area contributed by atoms with Crippen molar-refractivity contribution in [3.63, 3.8) is 0 Å². The highest BCUT2D eigenvalue weighted by atomic mass is 35.5. The summed E-state index contributed by atoms with van der Waals surface area (Å²) in [5.74, 6) is 0.0871. The van der Waals surface area contributed by atoms with Crippen molar-refractivity contribution in [1.82, 2.24) is 5.32 Å². The van der Waals surface area contributed by atoms with Crippen LogP contribution < -0.4 is 10.6 Å². The molecule has 0 spiro atoms. The van der Waals surface area contributed by atoms with Crippen molar-refractivity contribution < 1.29 is 13.2 Å². The van der Waals surface area contributed by atoms with Gasteiger partial charge in [-0.3, -0.25) is 4.79 Å². The summed E-state index contributed by atoms with van der Waals surface area (Å²) in [4.78, 5) is 11.5. The number of carbonyl (C=O) groups excluding carboxylic acids is 1. The summed E-state index contributed by atoms with van der Waals surface area (Å²) in [7, 11) is -1.40. The maximum absolute atomic E-state index is 11.5. The van der Waals surface area contributed by atoms with Crippen molar-refractivity contribution >= 4 is 33.0 Å². The van der Waals surface area contributed by atoms with Gasteiger partial charge in [0.1, 0.15) is 0 Å². The standard InChI is InChI=1S/C12H15ClN2O3S/c1-14-12(16)8-2-3-10(13)11(6-8)15-9-4-5-19(17,18)7-9/h2-3,6,9,15H,4-5,7H2,1H3,(H,14,16). The second kappa shape index (κ2) is 5.38. The molecule has 0 saturated carbocycles. The number of anilines is 1. The number of benzene rings is 1. The molecule has 19 heavy (non-hydrogen) atoms. The molecule has 2 N–H and O–H groups in total. The van der Waals surface area contributed by atoms with Gasteiger partial charge in [-0.1, -0.05) is 11.6 Å². The van der Waals surface area contributed by atoms with E-state index >= 15 is 0 Å². The van der Waals surface area contributed by atoms with Gasteiger partial charge in [-0.05, 0) is 24.6 Å². The Hall–Kier alpha value is -1.27. The summed E-state index contributed by atoms with van der Waals surface area (Å²) in [6.45, 7) is 0. The molecule has 1 amide bonds. The Labute approximate surface area is 117 Å². The van der Waals surface area contributed by atoms with Crippen LogP contribution in [0.5, 0.6) is 0 Å². The molecular formula is C12H15ClN2O3S. The van der Waals surface area contributed by atoms with Crippen molar-refractivity contribution in [1.29, 1.82) is 0 Å². The number of sulfone groups is 1. The van der Waals surface area contributed by atoms with Gasteiger partial charge in [0, 0.05) is 18.7 Å². The first kappa shape index (κ1) is 14.1. The van der Waals surface area contributed by atoms with E-state index in [1.165, 1.54) is 0 Å². The highest BCUT2D eigenvalue weighted by molar-refractivity contribution is 7.91. The fourth-order valence-electron chi connectivity index (χ4n) is 2.05. The molecule has 1 fully saturated rings. The summed E-state index contributed by atoms with van der Waals surface area (Å²) in [5.41, 5.74) is 1.07. The van der Waals surface area contributed by atoms with Crippen LogP contribution in [0, 0.1) is 0 Å². The Morgan fingerprint density at radius 2 is 2.16 bits per heavy atom. The summed E-state index contributed by atoms with van der Waals surface area (Å²) in [6.07, 6.45) is 0.558. The summed E-state index contributed by atoms with van der Waals surface area (Å²) in [5, 5.41) is 6.09. The molecule has 1 heterocycles. The lowest BCUT2D eigenvalue weighted by Gasteiger charge is -2.14. The molecule has 5 nitrogen and oxygen atoms in total. The van der Waals surface area contributed by atoms with E-state index in [1.807, 2.05) is 0 Å². The van der Waals surface area contributed by atoms with E-state index in [4.69, 9.17) is 11.6 Å². The fraction of sp³-hybridized carbons (Fsp3) is 0.417. The molecule has 1 aliphatic heterocycles. The second-order valence-electron chi connectivity index (χ2n) is 4.52. The zero-order valence-electron chi connectivity index (χ0n) is 10.4. The molecule has 0 aromatic heterocycles. The third-order valence-electron chi connectivity index (χ3n) is 3.05. The van der Waals surface area contributed by atoms with E-state index in [9.17, 15) is 13.2 Å². The molecule has 1 aromatic carbocycles. The second-order valence-corrected chi connectivity index (χ2v) is 7.15. The lowest BCUT2D eigenvalue weighted by Crippen LogP contribution is -2.22. The number of hydrogen-bond donors (Lipinski definition) is 2. The Morgan fingerprint density at radius 1 is 1.42 bits per heavy atom. The molecule has 0 bridgehead atoms. The van der Waals surface area contributed by atoms with Gasteiger partial charge in [0.15, 0.2) is 9.84 Å². The van der Waals surface area contributed by atoms with Crippen molar-refractivity contribution in [3.8, 4) is 0 Å². The molecule has 0 radical (unpaired) electrons. The number of carbonyl (C=O) groups is 1. The lowest BCUT2D eigenvalue weighted by atomic mass is 10.1. The number of nitrogens with one attached hydrogen (secondary N) is 2.